The second-order valence-corrected chi connectivity index (χ2v) is 4.40. The summed E-state index contributed by atoms with van der Waals surface area (Å²) < 4.78 is 0. The SMILES string of the molecule is OCC1(C2CCNCC2)CCC1. The van der Waals surface area contributed by atoms with Crippen molar-refractivity contribution in [3.63, 3.8) is 0 Å². The first kappa shape index (κ1) is 8.52. The minimum absolute atomic E-state index is 0.349. The Bertz CT molecular complexity index is 142. The molecule has 0 unspecified atom stereocenters. The zero-order valence-electron chi connectivity index (χ0n) is 7.68. The molecule has 1 aliphatic heterocycles. The van der Waals surface area contributed by atoms with Crippen molar-refractivity contribution >= 4 is 0 Å². The molecule has 2 N–H and O–H groups in total. The van der Waals surface area contributed by atoms with Crippen LogP contribution in [0.2, 0.25) is 0 Å². The van der Waals surface area contributed by atoms with Crippen molar-refractivity contribution in [3.8, 4) is 0 Å². The predicted octanol–water partition coefficient (Wildman–Crippen LogP) is 1.15. The number of hydrogen-bond acceptors (Lipinski definition) is 2. The summed E-state index contributed by atoms with van der Waals surface area (Å²) in [7, 11) is 0. The van der Waals surface area contributed by atoms with Crippen LogP contribution in [0.3, 0.4) is 0 Å². The molecule has 12 heavy (non-hydrogen) atoms. The predicted molar refractivity (Wildman–Crippen MR) is 49.0 cm³/mol. The van der Waals surface area contributed by atoms with Crippen molar-refractivity contribution < 1.29 is 5.11 Å². The number of rotatable bonds is 2. The summed E-state index contributed by atoms with van der Waals surface area (Å²) in [6.45, 7) is 2.75. The lowest BCUT2D eigenvalue weighted by molar-refractivity contribution is -0.0254. The van der Waals surface area contributed by atoms with Gasteiger partial charge in [0.15, 0.2) is 0 Å². The first-order chi connectivity index (χ1) is 5.87. The molecular weight excluding hydrogens is 150 g/mol. The molecule has 0 aromatic heterocycles. The van der Waals surface area contributed by atoms with E-state index in [0.29, 0.717) is 12.0 Å². The fourth-order valence-electron chi connectivity index (χ4n) is 2.76. The zero-order chi connectivity index (χ0) is 8.44. The lowest BCUT2D eigenvalue weighted by Gasteiger charge is -2.48. The maximum atomic E-state index is 9.37. The smallest absolute Gasteiger partial charge is 0.0490 e. The van der Waals surface area contributed by atoms with Gasteiger partial charge in [-0.1, -0.05) is 6.42 Å². The third-order valence-corrected chi connectivity index (χ3v) is 3.87. The molecule has 1 aliphatic carbocycles. The molecule has 2 nitrogen and oxygen atoms in total. The van der Waals surface area contributed by atoms with Gasteiger partial charge in [0.2, 0.25) is 0 Å². The molecule has 1 heterocycles. The summed E-state index contributed by atoms with van der Waals surface area (Å²) in [4.78, 5) is 0. The van der Waals surface area contributed by atoms with Gasteiger partial charge in [0.25, 0.3) is 0 Å². The van der Waals surface area contributed by atoms with E-state index in [1.54, 1.807) is 0 Å². The molecule has 2 rings (SSSR count). The van der Waals surface area contributed by atoms with E-state index in [9.17, 15) is 5.11 Å². The van der Waals surface area contributed by atoms with E-state index in [0.717, 1.165) is 19.0 Å². The zero-order valence-corrected chi connectivity index (χ0v) is 7.68. The highest BCUT2D eigenvalue weighted by Crippen LogP contribution is 2.49. The quantitative estimate of drug-likeness (QED) is 0.650. The van der Waals surface area contributed by atoms with Gasteiger partial charge in [-0.25, -0.2) is 0 Å². The van der Waals surface area contributed by atoms with Crippen LogP contribution < -0.4 is 5.32 Å². The molecule has 0 spiro atoms. The van der Waals surface area contributed by atoms with Crippen molar-refractivity contribution in [3.05, 3.63) is 0 Å². The van der Waals surface area contributed by atoms with Gasteiger partial charge in [0.1, 0.15) is 0 Å². The Labute approximate surface area is 74.4 Å². The molecule has 0 aromatic rings. The normalized spacial score (nSPS) is 29.8. The van der Waals surface area contributed by atoms with E-state index in [1.165, 1.54) is 32.1 Å². The number of aliphatic hydroxyl groups is 1. The van der Waals surface area contributed by atoms with Gasteiger partial charge in [-0.15, -0.1) is 0 Å². The fraction of sp³-hybridized carbons (Fsp3) is 1.00. The summed E-state index contributed by atoms with van der Waals surface area (Å²) in [5.74, 6) is 0.803. The van der Waals surface area contributed by atoms with Crippen molar-refractivity contribution in [1.29, 1.82) is 0 Å². The summed E-state index contributed by atoms with van der Waals surface area (Å²) in [5, 5.41) is 12.7. The highest BCUT2D eigenvalue weighted by atomic mass is 16.3. The van der Waals surface area contributed by atoms with Gasteiger partial charge in [0, 0.05) is 6.61 Å². The maximum Gasteiger partial charge on any atom is 0.0490 e. The number of nitrogens with one attached hydrogen (secondary N) is 1. The van der Waals surface area contributed by atoms with Gasteiger partial charge in [-0.05, 0) is 50.1 Å². The summed E-state index contributed by atoms with van der Waals surface area (Å²) in [6.07, 6.45) is 6.44. The number of aliphatic hydroxyl groups excluding tert-OH is 1. The molecule has 0 atom stereocenters. The van der Waals surface area contributed by atoms with Crippen LogP contribution >= 0.6 is 0 Å². The molecule has 0 radical (unpaired) electrons. The molecule has 1 saturated heterocycles. The molecule has 2 fully saturated rings. The molecule has 1 saturated carbocycles. The molecule has 0 bridgehead atoms. The van der Waals surface area contributed by atoms with Crippen molar-refractivity contribution in [1.82, 2.24) is 5.32 Å². The summed E-state index contributed by atoms with van der Waals surface area (Å²) >= 11 is 0. The first-order valence-corrected chi connectivity index (χ1v) is 5.19. The van der Waals surface area contributed by atoms with Crippen LogP contribution in [0.15, 0.2) is 0 Å². The van der Waals surface area contributed by atoms with E-state index >= 15 is 0 Å². The third-order valence-electron chi connectivity index (χ3n) is 3.87. The molecular formula is C10H19NO. The molecule has 2 aliphatic rings. The lowest BCUT2D eigenvalue weighted by atomic mass is 9.59. The van der Waals surface area contributed by atoms with E-state index in [-0.39, 0.29) is 0 Å². The highest BCUT2D eigenvalue weighted by Gasteiger charge is 2.43. The van der Waals surface area contributed by atoms with Crippen LogP contribution in [0.1, 0.15) is 32.1 Å². The Hall–Kier alpha value is -0.0800. The van der Waals surface area contributed by atoms with E-state index in [2.05, 4.69) is 5.32 Å². The second-order valence-electron chi connectivity index (χ2n) is 4.40. The Balaban J connectivity index is 1.95. The van der Waals surface area contributed by atoms with E-state index in [4.69, 9.17) is 0 Å². The Kier molecular flexibility index (Phi) is 2.37. The standard InChI is InChI=1S/C10H19NO/c12-8-10(4-1-5-10)9-2-6-11-7-3-9/h9,11-12H,1-8H2. The van der Waals surface area contributed by atoms with Gasteiger partial charge < -0.3 is 10.4 Å². The number of hydrogen-bond donors (Lipinski definition) is 2. The van der Waals surface area contributed by atoms with Crippen LogP contribution in [0.4, 0.5) is 0 Å². The fourth-order valence-corrected chi connectivity index (χ4v) is 2.76. The average molecular weight is 169 g/mol. The van der Waals surface area contributed by atoms with Crippen LogP contribution in [0, 0.1) is 11.3 Å². The largest absolute Gasteiger partial charge is 0.396 e. The average Bonchev–Trinajstić information content (AvgIpc) is 2.05. The van der Waals surface area contributed by atoms with Gasteiger partial charge in [-0.3, -0.25) is 0 Å². The van der Waals surface area contributed by atoms with Gasteiger partial charge in [-0.2, -0.15) is 0 Å². The van der Waals surface area contributed by atoms with Crippen LogP contribution in [0.5, 0.6) is 0 Å². The van der Waals surface area contributed by atoms with Crippen LogP contribution in [-0.2, 0) is 0 Å². The Morgan fingerprint density at radius 1 is 1.25 bits per heavy atom. The van der Waals surface area contributed by atoms with E-state index in [1.807, 2.05) is 0 Å². The van der Waals surface area contributed by atoms with Gasteiger partial charge >= 0.3 is 0 Å². The molecule has 0 aromatic carbocycles. The third kappa shape index (κ3) is 1.27. The molecule has 0 amide bonds. The Morgan fingerprint density at radius 2 is 1.92 bits per heavy atom. The molecule has 2 heteroatoms. The van der Waals surface area contributed by atoms with Crippen molar-refractivity contribution in [2.45, 2.75) is 32.1 Å². The Morgan fingerprint density at radius 3 is 2.33 bits per heavy atom. The van der Waals surface area contributed by atoms with Crippen LogP contribution in [-0.4, -0.2) is 24.8 Å². The second kappa shape index (κ2) is 3.35. The minimum atomic E-state index is 0.349. The summed E-state index contributed by atoms with van der Waals surface area (Å²) in [5.41, 5.74) is 0.349. The van der Waals surface area contributed by atoms with Gasteiger partial charge in [0.05, 0.1) is 0 Å². The summed E-state index contributed by atoms with van der Waals surface area (Å²) in [6, 6.07) is 0. The van der Waals surface area contributed by atoms with Crippen molar-refractivity contribution in [2.24, 2.45) is 11.3 Å². The first-order valence-electron chi connectivity index (χ1n) is 5.19. The topological polar surface area (TPSA) is 32.3 Å². The minimum Gasteiger partial charge on any atom is -0.396 e. The monoisotopic (exact) mass is 169 g/mol. The number of piperidine rings is 1. The van der Waals surface area contributed by atoms with Crippen LogP contribution in [0.25, 0.3) is 0 Å². The van der Waals surface area contributed by atoms with E-state index < -0.39 is 0 Å². The maximum absolute atomic E-state index is 9.37. The highest BCUT2D eigenvalue weighted by molar-refractivity contribution is 4.94. The van der Waals surface area contributed by atoms with Crippen molar-refractivity contribution in [2.75, 3.05) is 19.7 Å². The lowest BCUT2D eigenvalue weighted by Crippen LogP contribution is -2.45. The molecule has 70 valence electrons.